The monoisotopic (exact) mass is 389 g/mol. The van der Waals surface area contributed by atoms with Gasteiger partial charge in [-0.1, -0.05) is 18.2 Å². The van der Waals surface area contributed by atoms with Crippen LogP contribution in [0, 0.1) is 12.7 Å². The summed E-state index contributed by atoms with van der Waals surface area (Å²) in [5.41, 5.74) is 0.618. The zero-order valence-electron chi connectivity index (χ0n) is 14.6. The third kappa shape index (κ3) is 3.35. The summed E-state index contributed by atoms with van der Waals surface area (Å²) in [6.45, 7) is 1.46. The van der Waals surface area contributed by atoms with Crippen LogP contribution in [0.15, 0.2) is 53.6 Å². The lowest BCUT2D eigenvalue weighted by molar-refractivity contribution is -0.135. The number of ketones is 1. The summed E-state index contributed by atoms with van der Waals surface area (Å²) in [6, 6.07) is 10.1. The Hall–Kier alpha value is -3.00. The third-order valence-electron chi connectivity index (χ3n) is 4.17. The maximum Gasteiger partial charge on any atom is 0.381 e. The van der Waals surface area contributed by atoms with Gasteiger partial charge in [-0.15, -0.1) is 0 Å². The third-order valence-corrected chi connectivity index (χ3v) is 6.02. The van der Waals surface area contributed by atoms with Crippen molar-refractivity contribution >= 4 is 27.1 Å². The van der Waals surface area contributed by atoms with Crippen molar-refractivity contribution < 1.29 is 27.1 Å². The van der Waals surface area contributed by atoms with E-state index in [-0.39, 0.29) is 27.2 Å². The van der Waals surface area contributed by atoms with Crippen LogP contribution >= 0.6 is 0 Å². The fourth-order valence-corrected chi connectivity index (χ4v) is 4.89. The molecule has 8 heteroatoms. The topological polar surface area (TPSA) is 81.9 Å². The Labute approximate surface area is 155 Å². The van der Waals surface area contributed by atoms with Gasteiger partial charge in [0.2, 0.25) is 0 Å². The van der Waals surface area contributed by atoms with E-state index in [0.717, 1.165) is 13.2 Å². The molecule has 140 valence electrons. The Balaban J connectivity index is 2.21. The van der Waals surface area contributed by atoms with Crippen LogP contribution in [0.2, 0.25) is 0 Å². The number of fused-ring (bicyclic) bond motifs is 1. The van der Waals surface area contributed by atoms with Gasteiger partial charge in [-0.2, -0.15) is 0 Å². The molecule has 0 radical (unpaired) electrons. The normalized spacial score (nSPS) is 11.5. The molecule has 0 atom stereocenters. The molecule has 3 aromatic rings. The van der Waals surface area contributed by atoms with E-state index in [0.29, 0.717) is 0 Å². The molecule has 2 aromatic heterocycles. The van der Waals surface area contributed by atoms with Gasteiger partial charge in [0.25, 0.3) is 5.78 Å². The number of hydrogen-bond donors (Lipinski definition) is 0. The standard InChI is InChI=1S/C19H16FNO5S/c1-12-16(17(22)19(23)26-2)21-9-4-3-8-15(21)18(12)27(24,25)11-13-6-5-7-14(20)10-13/h3-10H,11H2,1-2H3. The number of ether oxygens (including phenoxy) is 1. The number of nitrogens with zero attached hydrogens (tertiary/aromatic N) is 1. The number of carbonyl (C=O) groups is 2. The molecule has 0 N–H and O–H groups in total. The lowest BCUT2D eigenvalue weighted by Crippen LogP contribution is -2.18. The lowest BCUT2D eigenvalue weighted by Gasteiger charge is -2.06. The van der Waals surface area contributed by atoms with Crippen LogP contribution in [-0.2, 0) is 25.1 Å². The van der Waals surface area contributed by atoms with Gasteiger partial charge in [0.15, 0.2) is 9.84 Å². The number of halogens is 1. The minimum Gasteiger partial charge on any atom is -0.463 e. The SMILES string of the molecule is COC(=O)C(=O)c1c(C)c(S(=O)(=O)Cc2cccc(F)c2)c2ccccn12. The predicted molar refractivity (Wildman–Crippen MR) is 95.8 cm³/mol. The Morgan fingerprint density at radius 1 is 1.15 bits per heavy atom. The fraction of sp³-hybridized carbons (Fsp3) is 0.158. The van der Waals surface area contributed by atoms with E-state index in [9.17, 15) is 22.4 Å². The molecule has 0 unspecified atom stereocenters. The van der Waals surface area contributed by atoms with E-state index in [2.05, 4.69) is 4.74 Å². The van der Waals surface area contributed by atoms with Crippen LogP contribution in [-0.4, -0.2) is 31.7 Å². The van der Waals surface area contributed by atoms with Crippen molar-refractivity contribution in [1.29, 1.82) is 0 Å². The number of hydrogen-bond acceptors (Lipinski definition) is 5. The summed E-state index contributed by atoms with van der Waals surface area (Å²) in [4.78, 5) is 24.1. The Morgan fingerprint density at radius 2 is 1.89 bits per heavy atom. The summed E-state index contributed by atoms with van der Waals surface area (Å²) in [5.74, 6) is -3.01. The van der Waals surface area contributed by atoms with Crippen molar-refractivity contribution in [3.63, 3.8) is 0 Å². The Bertz CT molecular complexity index is 1160. The average molecular weight is 389 g/mol. The second-order valence-electron chi connectivity index (χ2n) is 5.97. The van der Waals surface area contributed by atoms with E-state index in [1.54, 1.807) is 18.2 Å². The number of carbonyl (C=O) groups excluding carboxylic acids is 2. The largest absolute Gasteiger partial charge is 0.463 e. The first-order valence-corrected chi connectivity index (χ1v) is 9.61. The van der Waals surface area contributed by atoms with E-state index in [4.69, 9.17) is 0 Å². The van der Waals surface area contributed by atoms with Gasteiger partial charge in [-0.3, -0.25) is 4.79 Å². The minimum atomic E-state index is -3.92. The number of aromatic nitrogens is 1. The summed E-state index contributed by atoms with van der Waals surface area (Å²) in [7, 11) is -2.85. The average Bonchev–Trinajstić information content (AvgIpc) is 2.92. The smallest absolute Gasteiger partial charge is 0.381 e. The summed E-state index contributed by atoms with van der Waals surface area (Å²) in [6.07, 6.45) is 1.50. The minimum absolute atomic E-state index is 0.0698. The summed E-state index contributed by atoms with van der Waals surface area (Å²) >= 11 is 0. The zero-order chi connectivity index (χ0) is 19.8. The molecule has 0 saturated heterocycles. The van der Waals surface area contributed by atoms with E-state index in [1.165, 1.54) is 35.7 Å². The van der Waals surface area contributed by atoms with Crippen LogP contribution in [0.25, 0.3) is 5.52 Å². The van der Waals surface area contributed by atoms with Crippen molar-refractivity contribution in [2.24, 2.45) is 0 Å². The maximum absolute atomic E-state index is 13.4. The number of pyridine rings is 1. The van der Waals surface area contributed by atoms with Crippen molar-refractivity contribution in [2.45, 2.75) is 17.6 Å². The number of rotatable bonds is 5. The number of sulfone groups is 1. The molecule has 0 aliphatic carbocycles. The second-order valence-corrected chi connectivity index (χ2v) is 7.89. The summed E-state index contributed by atoms with van der Waals surface area (Å²) in [5, 5.41) is 0. The molecule has 0 aliphatic heterocycles. The molecule has 27 heavy (non-hydrogen) atoms. The molecule has 0 amide bonds. The number of methoxy groups -OCH3 is 1. The van der Waals surface area contributed by atoms with Gasteiger partial charge in [0, 0.05) is 6.20 Å². The highest BCUT2D eigenvalue weighted by atomic mass is 32.2. The quantitative estimate of drug-likeness (QED) is 0.381. The number of benzene rings is 1. The van der Waals surface area contributed by atoms with Crippen molar-refractivity contribution in [1.82, 2.24) is 4.40 Å². The van der Waals surface area contributed by atoms with Gasteiger partial charge in [-0.05, 0) is 42.3 Å². The molecule has 0 saturated carbocycles. The predicted octanol–water partition coefficient (Wildman–Crippen LogP) is 2.72. The van der Waals surface area contributed by atoms with Gasteiger partial charge >= 0.3 is 5.97 Å². The van der Waals surface area contributed by atoms with Gasteiger partial charge in [0.05, 0.1) is 23.3 Å². The molecule has 2 heterocycles. The Kier molecular flexibility index (Phi) is 4.84. The van der Waals surface area contributed by atoms with Crippen molar-refractivity contribution in [3.05, 3.63) is 71.3 Å². The van der Waals surface area contributed by atoms with E-state index >= 15 is 0 Å². The zero-order valence-corrected chi connectivity index (χ0v) is 15.4. The number of Topliss-reactive ketones (excluding diaryl/α,β-unsaturated/α-hetero) is 1. The fourth-order valence-electron chi connectivity index (χ4n) is 3.08. The highest BCUT2D eigenvalue weighted by Gasteiger charge is 2.31. The molecule has 3 rings (SSSR count). The molecular weight excluding hydrogens is 373 g/mol. The molecule has 6 nitrogen and oxygen atoms in total. The van der Waals surface area contributed by atoms with E-state index in [1.807, 2.05) is 0 Å². The van der Waals surface area contributed by atoms with Gasteiger partial charge in [0.1, 0.15) is 11.5 Å². The molecule has 0 bridgehead atoms. The molecule has 1 aromatic carbocycles. The van der Waals surface area contributed by atoms with Gasteiger partial charge < -0.3 is 9.14 Å². The molecule has 0 spiro atoms. The van der Waals surface area contributed by atoms with Gasteiger partial charge in [-0.25, -0.2) is 17.6 Å². The summed E-state index contributed by atoms with van der Waals surface area (Å²) < 4.78 is 45.4. The lowest BCUT2D eigenvalue weighted by atomic mass is 10.2. The van der Waals surface area contributed by atoms with Crippen molar-refractivity contribution in [3.8, 4) is 0 Å². The van der Waals surface area contributed by atoms with E-state index < -0.39 is 33.2 Å². The van der Waals surface area contributed by atoms with Crippen LogP contribution in [0.1, 0.15) is 21.6 Å². The first-order chi connectivity index (χ1) is 12.8. The highest BCUT2D eigenvalue weighted by Crippen LogP contribution is 2.30. The van der Waals surface area contributed by atoms with Crippen LogP contribution < -0.4 is 0 Å². The highest BCUT2D eigenvalue weighted by molar-refractivity contribution is 7.91. The molecular formula is C19H16FNO5S. The van der Waals surface area contributed by atoms with Crippen LogP contribution in [0.4, 0.5) is 4.39 Å². The van der Waals surface area contributed by atoms with Crippen molar-refractivity contribution in [2.75, 3.05) is 7.11 Å². The van der Waals surface area contributed by atoms with Crippen LogP contribution in [0.5, 0.6) is 0 Å². The first kappa shape index (κ1) is 18.8. The maximum atomic E-state index is 13.4. The Morgan fingerprint density at radius 3 is 2.56 bits per heavy atom. The number of esters is 1. The second kappa shape index (κ2) is 6.96. The molecule has 0 fully saturated rings. The van der Waals surface area contributed by atoms with Crippen LogP contribution in [0.3, 0.4) is 0 Å². The first-order valence-electron chi connectivity index (χ1n) is 7.95. The molecule has 0 aliphatic rings.